The lowest BCUT2D eigenvalue weighted by Crippen LogP contribution is -2.47. The van der Waals surface area contributed by atoms with Crippen molar-refractivity contribution in [3.8, 4) is 12.3 Å². The molecule has 174 valence electrons. The van der Waals surface area contributed by atoms with Crippen LogP contribution in [0.25, 0.3) is 0 Å². The SMILES string of the molecule is C#C[C@H](C(=O)N[C@@H](CCCNC(N)=O)C(=O)Nc1ccc(COC(=O)NC)cc1)C(C)C. The summed E-state index contributed by atoms with van der Waals surface area (Å²) in [4.78, 5) is 47.4. The summed E-state index contributed by atoms with van der Waals surface area (Å²) in [6.45, 7) is 4.00. The van der Waals surface area contributed by atoms with E-state index in [1.165, 1.54) is 7.05 Å². The first-order valence-electron chi connectivity index (χ1n) is 10.2. The molecule has 1 rings (SSSR count). The fourth-order valence-corrected chi connectivity index (χ4v) is 2.75. The average molecular weight is 446 g/mol. The van der Waals surface area contributed by atoms with E-state index in [1.807, 2.05) is 13.8 Å². The number of rotatable bonds is 11. The molecule has 0 unspecified atom stereocenters. The topological polar surface area (TPSA) is 152 Å². The number of carbonyl (C=O) groups is 4. The van der Waals surface area contributed by atoms with Crippen LogP contribution in [0.4, 0.5) is 15.3 Å². The summed E-state index contributed by atoms with van der Waals surface area (Å²) < 4.78 is 4.96. The van der Waals surface area contributed by atoms with E-state index < -0.39 is 35.9 Å². The Balaban J connectivity index is 2.80. The van der Waals surface area contributed by atoms with E-state index in [-0.39, 0.29) is 25.5 Å². The van der Waals surface area contributed by atoms with Crippen molar-refractivity contribution in [1.82, 2.24) is 16.0 Å². The van der Waals surface area contributed by atoms with Crippen molar-refractivity contribution in [2.24, 2.45) is 17.6 Å². The number of hydrogen-bond acceptors (Lipinski definition) is 5. The average Bonchev–Trinajstić information content (AvgIpc) is 2.75. The highest BCUT2D eigenvalue weighted by Gasteiger charge is 2.26. The van der Waals surface area contributed by atoms with Crippen molar-refractivity contribution in [1.29, 1.82) is 0 Å². The van der Waals surface area contributed by atoms with Gasteiger partial charge in [0, 0.05) is 19.3 Å². The first-order chi connectivity index (χ1) is 15.2. The van der Waals surface area contributed by atoms with Crippen LogP contribution >= 0.6 is 0 Å². The molecule has 0 aromatic heterocycles. The highest BCUT2D eigenvalue weighted by atomic mass is 16.5. The van der Waals surface area contributed by atoms with E-state index in [1.54, 1.807) is 24.3 Å². The van der Waals surface area contributed by atoms with E-state index >= 15 is 0 Å². The van der Waals surface area contributed by atoms with E-state index in [0.29, 0.717) is 12.1 Å². The number of nitrogens with one attached hydrogen (secondary N) is 4. The number of carbonyl (C=O) groups excluding carboxylic acids is 4. The number of benzene rings is 1. The first-order valence-corrected chi connectivity index (χ1v) is 10.2. The van der Waals surface area contributed by atoms with Gasteiger partial charge in [0.2, 0.25) is 11.8 Å². The van der Waals surface area contributed by atoms with Crippen molar-refractivity contribution < 1.29 is 23.9 Å². The van der Waals surface area contributed by atoms with Gasteiger partial charge in [0.25, 0.3) is 0 Å². The number of urea groups is 1. The van der Waals surface area contributed by atoms with Crippen molar-refractivity contribution in [2.75, 3.05) is 18.9 Å². The van der Waals surface area contributed by atoms with Crippen LogP contribution in [0.5, 0.6) is 0 Å². The van der Waals surface area contributed by atoms with Crippen LogP contribution in [0.1, 0.15) is 32.3 Å². The molecule has 0 saturated carbocycles. The van der Waals surface area contributed by atoms with E-state index in [9.17, 15) is 19.2 Å². The molecule has 0 aliphatic carbocycles. The summed E-state index contributed by atoms with van der Waals surface area (Å²) in [6, 6.07) is 5.20. The number of primary amides is 1. The lowest BCUT2D eigenvalue weighted by atomic mass is 9.95. The third-order valence-electron chi connectivity index (χ3n) is 4.53. The molecule has 1 aromatic rings. The third-order valence-corrected chi connectivity index (χ3v) is 4.53. The van der Waals surface area contributed by atoms with Gasteiger partial charge < -0.3 is 31.7 Å². The molecule has 0 aliphatic rings. The fraction of sp³-hybridized carbons (Fsp3) is 0.455. The normalized spacial score (nSPS) is 12.1. The van der Waals surface area contributed by atoms with Gasteiger partial charge in [0.15, 0.2) is 0 Å². The zero-order chi connectivity index (χ0) is 24.1. The van der Waals surface area contributed by atoms with Crippen LogP contribution in [0.2, 0.25) is 0 Å². The molecule has 6 N–H and O–H groups in total. The van der Waals surface area contributed by atoms with Crippen molar-refractivity contribution in [3.63, 3.8) is 0 Å². The summed E-state index contributed by atoms with van der Waals surface area (Å²) in [7, 11) is 1.47. The lowest BCUT2D eigenvalue weighted by molar-refractivity contribution is -0.129. The second kappa shape index (κ2) is 13.5. The molecule has 10 heteroatoms. The molecule has 0 aliphatic heterocycles. The summed E-state index contributed by atoms with van der Waals surface area (Å²) in [5, 5.41) is 10.3. The molecular formula is C22H31N5O5. The number of hydrogen-bond donors (Lipinski definition) is 5. The molecule has 0 saturated heterocycles. The van der Waals surface area contributed by atoms with Crippen molar-refractivity contribution in [2.45, 2.75) is 39.3 Å². The van der Waals surface area contributed by atoms with Gasteiger partial charge >= 0.3 is 12.1 Å². The Kier molecular flexibility index (Phi) is 11.1. The minimum Gasteiger partial charge on any atom is -0.445 e. The molecule has 10 nitrogen and oxygen atoms in total. The number of alkyl carbamates (subject to hydrolysis) is 1. The highest BCUT2D eigenvalue weighted by Crippen LogP contribution is 2.14. The van der Waals surface area contributed by atoms with Crippen molar-refractivity contribution >= 4 is 29.6 Å². The van der Waals surface area contributed by atoms with Gasteiger partial charge in [-0.15, -0.1) is 6.42 Å². The predicted octanol–water partition coefficient (Wildman–Crippen LogP) is 1.32. The second-order valence-electron chi connectivity index (χ2n) is 7.40. The Morgan fingerprint density at radius 2 is 1.78 bits per heavy atom. The van der Waals surface area contributed by atoms with Gasteiger partial charge in [0.05, 0.1) is 0 Å². The van der Waals surface area contributed by atoms with Gasteiger partial charge in [-0.3, -0.25) is 9.59 Å². The van der Waals surface area contributed by atoms with Gasteiger partial charge in [0.1, 0.15) is 18.6 Å². The molecule has 0 fully saturated rings. The van der Waals surface area contributed by atoms with Crippen LogP contribution in [0.15, 0.2) is 24.3 Å². The van der Waals surface area contributed by atoms with Gasteiger partial charge in [-0.1, -0.05) is 31.9 Å². The second-order valence-corrected chi connectivity index (χ2v) is 7.40. The minimum absolute atomic E-state index is 0.0854. The third kappa shape index (κ3) is 9.38. The number of anilines is 1. The molecule has 2 atom stereocenters. The number of ether oxygens (including phenoxy) is 1. The Labute approximate surface area is 188 Å². The summed E-state index contributed by atoms with van der Waals surface area (Å²) in [5.74, 6) is 0.850. The summed E-state index contributed by atoms with van der Waals surface area (Å²) in [6.07, 6.45) is 5.61. The zero-order valence-corrected chi connectivity index (χ0v) is 18.6. The summed E-state index contributed by atoms with van der Waals surface area (Å²) in [5.41, 5.74) is 6.29. The highest BCUT2D eigenvalue weighted by molar-refractivity contribution is 5.97. The molecule has 32 heavy (non-hydrogen) atoms. The smallest absolute Gasteiger partial charge is 0.407 e. The molecule has 0 spiro atoms. The zero-order valence-electron chi connectivity index (χ0n) is 18.6. The Hall–Kier alpha value is -3.74. The predicted molar refractivity (Wildman–Crippen MR) is 120 cm³/mol. The molecular weight excluding hydrogens is 414 g/mol. The minimum atomic E-state index is -0.858. The van der Waals surface area contributed by atoms with E-state index in [4.69, 9.17) is 16.9 Å². The molecule has 0 radical (unpaired) electrons. The molecule has 0 heterocycles. The molecule has 1 aromatic carbocycles. The van der Waals surface area contributed by atoms with Gasteiger partial charge in [-0.2, -0.15) is 0 Å². The molecule has 5 amide bonds. The van der Waals surface area contributed by atoms with Crippen LogP contribution in [-0.2, 0) is 20.9 Å². The number of nitrogens with two attached hydrogens (primary N) is 1. The van der Waals surface area contributed by atoms with E-state index in [0.717, 1.165) is 5.56 Å². The van der Waals surface area contributed by atoms with Crippen LogP contribution in [0.3, 0.4) is 0 Å². The maximum absolute atomic E-state index is 12.8. The van der Waals surface area contributed by atoms with Crippen LogP contribution < -0.4 is 27.0 Å². The number of amides is 5. The fourth-order valence-electron chi connectivity index (χ4n) is 2.75. The van der Waals surface area contributed by atoms with Crippen LogP contribution in [-0.4, -0.2) is 43.6 Å². The number of terminal acetylenes is 1. The Morgan fingerprint density at radius 3 is 2.31 bits per heavy atom. The standard InChI is InChI=1S/C22H31N5O5/c1-5-17(14(2)3)19(28)27-18(7-6-12-25-21(23)30)20(29)26-16-10-8-15(9-11-16)13-32-22(31)24-4/h1,8-11,14,17-18H,6-7,12-13H2,2-4H3,(H,24,31)(H,26,29)(H,27,28)(H3,23,25,30)/t17-,18-/m0/s1. The maximum Gasteiger partial charge on any atom is 0.407 e. The van der Waals surface area contributed by atoms with Gasteiger partial charge in [-0.25, -0.2) is 9.59 Å². The van der Waals surface area contributed by atoms with Gasteiger partial charge in [-0.05, 0) is 36.5 Å². The summed E-state index contributed by atoms with van der Waals surface area (Å²) >= 11 is 0. The van der Waals surface area contributed by atoms with Crippen LogP contribution in [0, 0.1) is 24.2 Å². The Bertz CT molecular complexity index is 832. The first kappa shape index (κ1) is 26.3. The monoisotopic (exact) mass is 445 g/mol. The largest absolute Gasteiger partial charge is 0.445 e. The molecule has 0 bridgehead atoms. The maximum atomic E-state index is 12.8. The van der Waals surface area contributed by atoms with Crippen molar-refractivity contribution in [3.05, 3.63) is 29.8 Å². The van der Waals surface area contributed by atoms with E-state index in [2.05, 4.69) is 27.2 Å². The Morgan fingerprint density at radius 1 is 1.12 bits per heavy atom. The lowest BCUT2D eigenvalue weighted by Gasteiger charge is -2.22. The quantitative estimate of drug-likeness (QED) is 0.257.